The molecule has 2 atom stereocenters. The predicted molar refractivity (Wildman–Crippen MR) is 225 cm³/mol. The molecule has 4 aromatic heterocycles. The average molecular weight is 786 g/mol. The maximum absolute atomic E-state index is 12.8. The third kappa shape index (κ3) is 7.56. The standard InChI is InChI=1S/C43H43N7O4S2/c1-25(2)18-30(6-4-16-44-24-51)41-46-33-15-13-29(20-36(33)48-41)32-23-56-39-31(22-55-40(32)39)27-10-8-26(9-11-27)28-12-14-34-35(19-28)49-42(47-34)37-7-5-17-50(37)38(52)21-45-43(53)54-3/h5,7-15,19-20,22-25,30,37H,4,6,16-18,21H2,1-3H3,(H,44,51)(H,45,53)(H,46,48)(H,47,49). The van der Waals surface area contributed by atoms with Gasteiger partial charge in [0.1, 0.15) is 24.2 Å². The van der Waals surface area contributed by atoms with Gasteiger partial charge in [0.15, 0.2) is 0 Å². The first-order valence-corrected chi connectivity index (χ1v) is 20.6. The maximum atomic E-state index is 12.8. The number of nitrogens with zero attached hydrogens (tertiary/aromatic N) is 3. The number of hydrogen-bond donors (Lipinski definition) is 4. The Morgan fingerprint density at radius 2 is 1.57 bits per heavy atom. The Morgan fingerprint density at radius 3 is 2.30 bits per heavy atom. The largest absolute Gasteiger partial charge is 0.453 e. The van der Waals surface area contributed by atoms with Gasteiger partial charge in [-0.15, -0.1) is 22.7 Å². The van der Waals surface area contributed by atoms with Gasteiger partial charge >= 0.3 is 6.09 Å². The number of carbonyl (C=O) groups is 3. The van der Waals surface area contributed by atoms with Crippen LogP contribution in [0.2, 0.25) is 0 Å². The van der Waals surface area contributed by atoms with Crippen LogP contribution in [0.5, 0.6) is 0 Å². The summed E-state index contributed by atoms with van der Waals surface area (Å²) in [6.45, 7) is 5.46. The minimum atomic E-state index is -0.644. The quantitative estimate of drug-likeness (QED) is 0.0492. The highest BCUT2D eigenvalue weighted by atomic mass is 32.1. The highest BCUT2D eigenvalue weighted by Crippen LogP contribution is 2.45. The summed E-state index contributed by atoms with van der Waals surface area (Å²) in [6.07, 6.45) is 6.93. The molecule has 13 heteroatoms. The van der Waals surface area contributed by atoms with Crippen LogP contribution in [0.25, 0.3) is 64.8 Å². The van der Waals surface area contributed by atoms with E-state index in [0.29, 0.717) is 30.7 Å². The van der Waals surface area contributed by atoms with Crippen LogP contribution in [0, 0.1) is 5.92 Å². The van der Waals surface area contributed by atoms with E-state index in [1.807, 2.05) is 18.2 Å². The number of rotatable bonds is 14. The lowest BCUT2D eigenvalue weighted by atomic mass is 9.92. The summed E-state index contributed by atoms with van der Waals surface area (Å²) < 4.78 is 7.16. The average Bonchev–Trinajstić information content (AvgIpc) is 4.05. The maximum Gasteiger partial charge on any atom is 0.407 e. The number of imidazole rings is 2. The molecule has 56 heavy (non-hydrogen) atoms. The Bertz CT molecular complexity index is 2560. The predicted octanol–water partition coefficient (Wildman–Crippen LogP) is 9.17. The zero-order chi connectivity index (χ0) is 38.8. The van der Waals surface area contributed by atoms with E-state index in [1.165, 1.54) is 38.8 Å². The molecule has 4 N–H and O–H groups in total. The van der Waals surface area contributed by atoms with Gasteiger partial charge in [0, 0.05) is 40.9 Å². The van der Waals surface area contributed by atoms with Crippen LogP contribution in [0.3, 0.4) is 0 Å². The summed E-state index contributed by atoms with van der Waals surface area (Å²) in [7, 11) is 1.27. The van der Waals surface area contributed by atoms with E-state index >= 15 is 0 Å². The fourth-order valence-electron chi connectivity index (χ4n) is 7.58. The molecule has 0 aliphatic carbocycles. The molecule has 2 unspecified atom stereocenters. The highest BCUT2D eigenvalue weighted by Gasteiger charge is 2.29. The third-order valence-electron chi connectivity index (χ3n) is 10.4. The van der Waals surface area contributed by atoms with Gasteiger partial charge in [0.2, 0.25) is 12.3 Å². The summed E-state index contributed by atoms with van der Waals surface area (Å²) in [4.78, 5) is 53.6. The van der Waals surface area contributed by atoms with Crippen molar-refractivity contribution in [2.75, 3.05) is 26.7 Å². The Hall–Kier alpha value is -5.79. The van der Waals surface area contributed by atoms with Crippen LogP contribution in [0.4, 0.5) is 4.79 Å². The number of ether oxygens (including phenoxy) is 1. The summed E-state index contributed by atoms with van der Waals surface area (Å²) >= 11 is 3.57. The second-order valence-electron chi connectivity index (χ2n) is 14.5. The lowest BCUT2D eigenvalue weighted by Gasteiger charge is -2.23. The van der Waals surface area contributed by atoms with Gasteiger partial charge in [-0.1, -0.05) is 62.4 Å². The second kappa shape index (κ2) is 16.1. The first-order chi connectivity index (χ1) is 27.3. The van der Waals surface area contributed by atoms with Crippen molar-refractivity contribution in [2.24, 2.45) is 5.92 Å². The summed E-state index contributed by atoms with van der Waals surface area (Å²) in [6, 6.07) is 21.0. The SMILES string of the molecule is COC(=O)NCC(=O)N1CC=CC1c1nc2ccc(-c3ccc(-c4csc5c(-c6ccc7nc(C(CCCNC=O)CC(C)C)[nH]c7c6)csc45)cc3)cc2[nH]1. The van der Waals surface area contributed by atoms with Gasteiger partial charge in [-0.05, 0) is 71.7 Å². The minimum absolute atomic E-state index is 0.150. The topological polar surface area (TPSA) is 145 Å². The number of carbonyl (C=O) groups excluding carboxylic acids is 3. The number of fused-ring (bicyclic) bond motifs is 3. The summed E-state index contributed by atoms with van der Waals surface area (Å²) in [5.74, 6) is 2.34. The molecule has 8 rings (SSSR count). The molecule has 1 aliphatic heterocycles. The molecule has 0 saturated carbocycles. The zero-order valence-corrected chi connectivity index (χ0v) is 33.1. The lowest BCUT2D eigenvalue weighted by Crippen LogP contribution is -2.40. The fraction of sp³-hybridized carbons (Fsp3) is 0.279. The number of amides is 3. The van der Waals surface area contributed by atoms with Crippen LogP contribution >= 0.6 is 22.7 Å². The molecule has 3 aromatic carbocycles. The van der Waals surface area contributed by atoms with Crippen LogP contribution < -0.4 is 10.6 Å². The Morgan fingerprint density at radius 1 is 0.911 bits per heavy atom. The number of H-pyrrole nitrogens is 2. The van der Waals surface area contributed by atoms with Crippen molar-refractivity contribution in [1.29, 1.82) is 0 Å². The van der Waals surface area contributed by atoms with Crippen molar-refractivity contribution in [3.05, 3.63) is 95.2 Å². The van der Waals surface area contributed by atoms with Crippen molar-refractivity contribution < 1.29 is 19.1 Å². The first-order valence-electron chi connectivity index (χ1n) is 18.8. The van der Waals surface area contributed by atoms with Crippen LogP contribution in [0.15, 0.2) is 83.6 Å². The molecule has 0 bridgehead atoms. The fourth-order valence-corrected chi connectivity index (χ4v) is 10.0. The number of thiophene rings is 2. The van der Waals surface area contributed by atoms with Gasteiger partial charge in [-0.2, -0.15) is 0 Å². The third-order valence-corrected chi connectivity index (χ3v) is 12.5. The Kier molecular flexibility index (Phi) is 10.7. The van der Waals surface area contributed by atoms with Crippen molar-refractivity contribution in [2.45, 2.75) is 45.1 Å². The molecule has 7 aromatic rings. The highest BCUT2D eigenvalue weighted by molar-refractivity contribution is 7.27. The van der Waals surface area contributed by atoms with Gasteiger partial charge in [-0.25, -0.2) is 14.8 Å². The van der Waals surface area contributed by atoms with E-state index in [0.717, 1.165) is 64.7 Å². The number of hydrogen-bond acceptors (Lipinski definition) is 8. The number of alkyl carbamates (subject to hydrolysis) is 1. The number of aromatic amines is 2. The van der Waals surface area contributed by atoms with E-state index < -0.39 is 6.09 Å². The van der Waals surface area contributed by atoms with Crippen molar-refractivity contribution in [1.82, 2.24) is 35.5 Å². The van der Waals surface area contributed by atoms with E-state index in [4.69, 9.17) is 9.97 Å². The molecular weight excluding hydrogens is 743 g/mol. The van der Waals surface area contributed by atoms with Gasteiger partial charge in [-0.3, -0.25) is 9.59 Å². The molecule has 0 spiro atoms. The monoisotopic (exact) mass is 785 g/mol. The molecule has 286 valence electrons. The number of benzene rings is 3. The molecule has 3 amide bonds. The molecule has 5 heterocycles. The van der Waals surface area contributed by atoms with E-state index in [9.17, 15) is 14.4 Å². The molecule has 1 aliphatic rings. The Balaban J connectivity index is 0.987. The zero-order valence-electron chi connectivity index (χ0n) is 31.4. The second-order valence-corrected chi connectivity index (χ2v) is 16.3. The lowest BCUT2D eigenvalue weighted by molar-refractivity contribution is -0.130. The van der Waals surface area contributed by atoms with Crippen molar-refractivity contribution in [3.8, 4) is 33.4 Å². The van der Waals surface area contributed by atoms with E-state index in [2.05, 4.69) is 105 Å². The van der Waals surface area contributed by atoms with Crippen LogP contribution in [-0.4, -0.2) is 70.0 Å². The van der Waals surface area contributed by atoms with E-state index in [-0.39, 0.29) is 18.5 Å². The normalized spacial score (nSPS) is 14.6. The van der Waals surface area contributed by atoms with Crippen molar-refractivity contribution >= 4 is 72.6 Å². The van der Waals surface area contributed by atoms with Gasteiger partial charge in [0.05, 0.1) is 38.6 Å². The Labute approximate surface area is 332 Å². The number of aromatic nitrogens is 4. The number of methoxy groups -OCH3 is 1. The molecule has 0 saturated heterocycles. The smallest absolute Gasteiger partial charge is 0.407 e. The van der Waals surface area contributed by atoms with Crippen LogP contribution in [0.1, 0.15) is 56.7 Å². The first kappa shape index (κ1) is 37.1. The van der Waals surface area contributed by atoms with Crippen molar-refractivity contribution in [3.63, 3.8) is 0 Å². The summed E-state index contributed by atoms with van der Waals surface area (Å²) in [5.41, 5.74) is 10.7. The van der Waals surface area contributed by atoms with Gasteiger partial charge < -0.3 is 30.2 Å². The summed E-state index contributed by atoms with van der Waals surface area (Å²) in [5, 5.41) is 9.77. The number of nitrogens with one attached hydrogen (secondary N) is 4. The molecular formula is C43H43N7O4S2. The van der Waals surface area contributed by atoms with E-state index in [1.54, 1.807) is 27.6 Å². The van der Waals surface area contributed by atoms with Gasteiger partial charge in [0.25, 0.3) is 0 Å². The van der Waals surface area contributed by atoms with Crippen LogP contribution in [-0.2, 0) is 14.3 Å². The minimum Gasteiger partial charge on any atom is -0.453 e. The molecule has 11 nitrogen and oxygen atoms in total. The molecule has 0 radical (unpaired) electrons. The molecule has 0 fully saturated rings.